The van der Waals surface area contributed by atoms with Crippen LogP contribution in [-0.2, 0) is 19.6 Å². The maximum absolute atomic E-state index is 12.8. The first-order valence-electron chi connectivity index (χ1n) is 8.88. The van der Waals surface area contributed by atoms with Crippen molar-refractivity contribution in [2.75, 3.05) is 19.6 Å². The Kier molecular flexibility index (Phi) is 6.93. The van der Waals surface area contributed by atoms with E-state index in [9.17, 15) is 18.0 Å². The Hall–Kier alpha value is -2.44. The number of carbonyl (C=O) groups excluding carboxylic acids is 2. The molecule has 1 aromatic carbocycles. The number of sulfonamides is 1. The van der Waals surface area contributed by atoms with Crippen molar-refractivity contribution >= 4 is 21.8 Å². The molecule has 0 spiro atoms. The Balaban J connectivity index is 1.99. The van der Waals surface area contributed by atoms with Crippen LogP contribution in [0.5, 0.6) is 0 Å². The molecule has 9 heteroatoms. The molecule has 0 aliphatic carbocycles. The Morgan fingerprint density at radius 3 is 2.52 bits per heavy atom. The van der Waals surface area contributed by atoms with Crippen LogP contribution in [0.4, 0.5) is 0 Å². The van der Waals surface area contributed by atoms with E-state index in [1.54, 1.807) is 26.0 Å². The maximum Gasteiger partial charge on any atom is 0.244 e. The predicted octanol–water partition coefficient (Wildman–Crippen LogP) is 0.600. The lowest BCUT2D eigenvalue weighted by molar-refractivity contribution is -0.131. The molecular weight excluding hydrogens is 368 g/mol. The van der Waals surface area contributed by atoms with Gasteiger partial charge in [-0.1, -0.05) is 12.1 Å². The van der Waals surface area contributed by atoms with Crippen molar-refractivity contribution in [1.29, 1.82) is 5.26 Å². The quantitative estimate of drug-likeness (QED) is 0.735. The highest BCUT2D eigenvalue weighted by Crippen LogP contribution is 2.25. The minimum atomic E-state index is -3.78. The van der Waals surface area contributed by atoms with E-state index >= 15 is 0 Å². The number of likely N-dealkylation sites (N-methyl/N-ethyl adjacent to an activating group) is 1. The van der Waals surface area contributed by atoms with Crippen molar-refractivity contribution in [2.45, 2.75) is 37.6 Å². The van der Waals surface area contributed by atoms with Gasteiger partial charge in [-0.2, -0.15) is 9.57 Å². The van der Waals surface area contributed by atoms with Gasteiger partial charge in [0.2, 0.25) is 21.8 Å². The first kappa shape index (κ1) is 20.9. The van der Waals surface area contributed by atoms with E-state index in [1.807, 2.05) is 6.07 Å². The van der Waals surface area contributed by atoms with Gasteiger partial charge in [-0.15, -0.1) is 0 Å². The van der Waals surface area contributed by atoms with Crippen molar-refractivity contribution in [3.63, 3.8) is 0 Å². The van der Waals surface area contributed by atoms with Gasteiger partial charge in [0.15, 0.2) is 0 Å². The molecule has 1 atom stereocenters. The smallest absolute Gasteiger partial charge is 0.244 e. The molecule has 27 heavy (non-hydrogen) atoms. The molecule has 0 radical (unpaired) electrons. The highest BCUT2D eigenvalue weighted by molar-refractivity contribution is 7.89. The number of piperidine rings is 1. The van der Waals surface area contributed by atoms with Gasteiger partial charge in [0.25, 0.3) is 0 Å². The number of hydrogen-bond donors (Lipinski definition) is 2. The van der Waals surface area contributed by atoms with Gasteiger partial charge in [-0.25, -0.2) is 8.42 Å². The molecule has 0 bridgehead atoms. The number of hydrogen-bond acceptors (Lipinski definition) is 5. The summed E-state index contributed by atoms with van der Waals surface area (Å²) in [5.74, 6) is -0.846. The van der Waals surface area contributed by atoms with Crippen molar-refractivity contribution in [3.05, 3.63) is 29.8 Å². The number of carbonyl (C=O) groups is 2. The van der Waals surface area contributed by atoms with Gasteiger partial charge in [-0.3, -0.25) is 9.59 Å². The molecule has 1 aliphatic rings. The molecule has 8 nitrogen and oxygen atoms in total. The third-order valence-corrected chi connectivity index (χ3v) is 6.51. The van der Waals surface area contributed by atoms with Gasteiger partial charge in [0.1, 0.15) is 12.1 Å². The van der Waals surface area contributed by atoms with Gasteiger partial charge in [-0.05, 0) is 38.8 Å². The first-order valence-corrected chi connectivity index (χ1v) is 10.3. The lowest BCUT2D eigenvalue weighted by Gasteiger charge is -2.31. The highest BCUT2D eigenvalue weighted by atomic mass is 32.2. The van der Waals surface area contributed by atoms with Crippen LogP contribution in [-0.4, -0.2) is 50.2 Å². The molecule has 1 aliphatic heterocycles. The van der Waals surface area contributed by atoms with Crippen LogP contribution in [0.15, 0.2) is 29.2 Å². The fraction of sp³-hybridized carbons (Fsp3) is 0.500. The van der Waals surface area contributed by atoms with Gasteiger partial charge in [0.05, 0.1) is 10.5 Å². The van der Waals surface area contributed by atoms with Crippen molar-refractivity contribution in [2.24, 2.45) is 5.92 Å². The van der Waals surface area contributed by atoms with E-state index < -0.39 is 16.1 Å². The normalized spacial score (nSPS) is 16.9. The number of nitrogens with zero attached hydrogens (tertiary/aromatic N) is 2. The summed E-state index contributed by atoms with van der Waals surface area (Å²) in [5, 5.41) is 14.5. The summed E-state index contributed by atoms with van der Waals surface area (Å²) < 4.78 is 26.9. The zero-order valence-corrected chi connectivity index (χ0v) is 16.3. The number of nitrogens with one attached hydrogen (secondary N) is 2. The van der Waals surface area contributed by atoms with Crippen molar-refractivity contribution in [1.82, 2.24) is 14.9 Å². The lowest BCUT2D eigenvalue weighted by Crippen LogP contribution is -2.49. The minimum absolute atomic E-state index is 0.0136. The largest absolute Gasteiger partial charge is 0.355 e. The summed E-state index contributed by atoms with van der Waals surface area (Å²) in [5.41, 5.74) is 0.105. The van der Waals surface area contributed by atoms with Crippen molar-refractivity contribution < 1.29 is 18.0 Å². The highest BCUT2D eigenvalue weighted by Gasteiger charge is 2.33. The number of amides is 2. The van der Waals surface area contributed by atoms with E-state index in [0.29, 0.717) is 19.4 Å². The lowest BCUT2D eigenvalue weighted by atomic mass is 9.97. The fourth-order valence-electron chi connectivity index (χ4n) is 3.01. The monoisotopic (exact) mass is 392 g/mol. The molecule has 2 rings (SSSR count). The third kappa shape index (κ3) is 4.84. The summed E-state index contributed by atoms with van der Waals surface area (Å²) >= 11 is 0. The number of nitriles is 1. The van der Waals surface area contributed by atoms with E-state index in [-0.39, 0.29) is 41.3 Å². The van der Waals surface area contributed by atoms with Crippen LogP contribution in [0, 0.1) is 17.2 Å². The summed E-state index contributed by atoms with van der Waals surface area (Å²) in [4.78, 5) is 24.1. The van der Waals surface area contributed by atoms with Gasteiger partial charge >= 0.3 is 0 Å². The summed E-state index contributed by atoms with van der Waals surface area (Å²) in [6, 6.07) is 7.35. The average Bonchev–Trinajstić information content (AvgIpc) is 2.68. The van der Waals surface area contributed by atoms with Crippen LogP contribution in [0.25, 0.3) is 0 Å². The van der Waals surface area contributed by atoms with E-state index in [4.69, 9.17) is 5.26 Å². The van der Waals surface area contributed by atoms with Crippen LogP contribution in [0.3, 0.4) is 0 Å². The topological polar surface area (TPSA) is 119 Å². The molecule has 146 valence electrons. The minimum Gasteiger partial charge on any atom is -0.355 e. The fourth-order valence-corrected chi connectivity index (χ4v) is 4.62. The second-order valence-corrected chi connectivity index (χ2v) is 8.32. The Labute approximate surface area is 159 Å². The molecule has 1 heterocycles. The molecule has 0 aromatic heterocycles. The van der Waals surface area contributed by atoms with E-state index in [2.05, 4.69) is 10.6 Å². The predicted molar refractivity (Wildman–Crippen MR) is 98.9 cm³/mol. The van der Waals surface area contributed by atoms with Crippen LogP contribution in [0.2, 0.25) is 0 Å². The number of benzene rings is 1. The van der Waals surface area contributed by atoms with Gasteiger partial charge < -0.3 is 10.6 Å². The molecular formula is C18H24N4O4S. The summed E-state index contributed by atoms with van der Waals surface area (Å²) in [6.45, 7) is 4.28. The Bertz CT molecular complexity index is 839. The molecule has 1 fully saturated rings. The van der Waals surface area contributed by atoms with Crippen LogP contribution in [0.1, 0.15) is 32.3 Å². The van der Waals surface area contributed by atoms with Crippen molar-refractivity contribution in [3.8, 4) is 6.07 Å². The molecule has 1 aromatic rings. The zero-order valence-electron chi connectivity index (χ0n) is 15.4. The second-order valence-electron chi connectivity index (χ2n) is 6.41. The standard InChI is InChI=1S/C18H24N4O4S/c1-3-20-17(23)13(2)21-18(24)14-8-10-22(11-9-14)27(25,26)16-7-5-4-6-15(16)12-19/h4-7,13-14H,3,8-11H2,1-2H3,(H,20,23)(H,21,24)/t13-/m1/s1. The molecule has 2 amide bonds. The number of rotatable bonds is 6. The first-order chi connectivity index (χ1) is 12.8. The second kappa shape index (κ2) is 8.97. The summed E-state index contributed by atoms with van der Waals surface area (Å²) in [7, 11) is -3.78. The third-order valence-electron chi connectivity index (χ3n) is 4.55. The molecule has 2 N–H and O–H groups in total. The SMILES string of the molecule is CCNC(=O)[C@@H](C)NC(=O)C1CCN(S(=O)(=O)c2ccccc2C#N)CC1. The maximum atomic E-state index is 12.8. The molecule has 1 saturated heterocycles. The van der Waals surface area contributed by atoms with E-state index in [1.165, 1.54) is 16.4 Å². The van der Waals surface area contributed by atoms with Crippen LogP contribution >= 0.6 is 0 Å². The zero-order chi connectivity index (χ0) is 20.0. The molecule has 0 unspecified atom stereocenters. The van der Waals surface area contributed by atoms with Crippen LogP contribution < -0.4 is 10.6 Å². The average molecular weight is 392 g/mol. The van der Waals surface area contributed by atoms with E-state index in [0.717, 1.165) is 0 Å². The Morgan fingerprint density at radius 2 is 1.93 bits per heavy atom. The molecule has 0 saturated carbocycles. The summed E-state index contributed by atoms with van der Waals surface area (Å²) in [6.07, 6.45) is 0.726. The van der Waals surface area contributed by atoms with Gasteiger partial charge in [0, 0.05) is 25.6 Å². The Morgan fingerprint density at radius 1 is 1.30 bits per heavy atom.